The van der Waals surface area contributed by atoms with Crippen molar-refractivity contribution < 1.29 is 4.74 Å². The van der Waals surface area contributed by atoms with Gasteiger partial charge in [-0.25, -0.2) is 0 Å². The fourth-order valence-corrected chi connectivity index (χ4v) is 2.19. The van der Waals surface area contributed by atoms with Gasteiger partial charge in [0, 0.05) is 25.6 Å². The first kappa shape index (κ1) is 12.3. The van der Waals surface area contributed by atoms with Crippen molar-refractivity contribution in [3.05, 3.63) is 0 Å². The van der Waals surface area contributed by atoms with Crippen LogP contribution in [0.1, 0.15) is 26.2 Å². The third-order valence-electron chi connectivity index (χ3n) is 3.02. The number of unbranched alkanes of at least 4 members (excludes halogenated alkanes) is 1. The van der Waals surface area contributed by atoms with Gasteiger partial charge in [-0.2, -0.15) is 0 Å². The van der Waals surface area contributed by atoms with E-state index in [2.05, 4.69) is 11.8 Å². The second-order valence-corrected chi connectivity index (χ2v) is 4.84. The van der Waals surface area contributed by atoms with Crippen LogP contribution < -0.4 is 0 Å². The highest BCUT2D eigenvalue weighted by Crippen LogP contribution is 2.21. The second kappa shape index (κ2) is 6.65. The Kier molecular flexibility index (Phi) is 5.83. The minimum absolute atomic E-state index is 0.353. The molecule has 0 N–H and O–H groups in total. The summed E-state index contributed by atoms with van der Waals surface area (Å²) >= 11 is 6.24. The van der Waals surface area contributed by atoms with Gasteiger partial charge in [0.1, 0.15) is 0 Å². The number of hydrogen-bond acceptors (Lipinski definition) is 2. The van der Waals surface area contributed by atoms with E-state index in [4.69, 9.17) is 16.3 Å². The summed E-state index contributed by atoms with van der Waals surface area (Å²) in [6, 6.07) is 0. The Bertz CT molecular complexity index is 154. The fraction of sp³-hybridized carbons (Fsp3) is 1.00. The van der Waals surface area contributed by atoms with Crippen LogP contribution in [0.15, 0.2) is 0 Å². The average molecular weight is 220 g/mol. The molecule has 0 aliphatic carbocycles. The van der Waals surface area contributed by atoms with Gasteiger partial charge in [0.2, 0.25) is 0 Å². The monoisotopic (exact) mass is 219 g/mol. The number of hydrogen-bond donors (Lipinski definition) is 0. The number of rotatable bonds is 5. The standard InChI is InChI=1S/C11H22ClNO/c1-10-5-7-13(9-11(10)12)6-3-4-8-14-2/h10-11H,3-9H2,1-2H3. The van der Waals surface area contributed by atoms with Gasteiger partial charge >= 0.3 is 0 Å². The first-order valence-corrected chi connectivity index (χ1v) is 6.03. The Morgan fingerprint density at radius 3 is 2.86 bits per heavy atom. The second-order valence-electron chi connectivity index (χ2n) is 4.28. The molecule has 1 rings (SSSR count). The topological polar surface area (TPSA) is 12.5 Å². The Hall–Kier alpha value is 0.210. The van der Waals surface area contributed by atoms with Crippen LogP contribution >= 0.6 is 11.6 Å². The minimum Gasteiger partial charge on any atom is -0.385 e. The van der Waals surface area contributed by atoms with Crippen LogP contribution in [0, 0.1) is 5.92 Å². The lowest BCUT2D eigenvalue weighted by Gasteiger charge is -2.33. The molecule has 1 aliphatic rings. The van der Waals surface area contributed by atoms with Crippen LogP contribution in [0.3, 0.4) is 0 Å². The number of likely N-dealkylation sites (tertiary alicyclic amines) is 1. The molecule has 0 radical (unpaired) electrons. The third-order valence-corrected chi connectivity index (χ3v) is 3.59. The van der Waals surface area contributed by atoms with E-state index in [0.717, 1.165) is 19.6 Å². The summed E-state index contributed by atoms with van der Waals surface area (Å²) in [5.41, 5.74) is 0. The molecule has 1 fully saturated rings. The van der Waals surface area contributed by atoms with Gasteiger partial charge in [0.15, 0.2) is 0 Å². The quantitative estimate of drug-likeness (QED) is 0.520. The predicted octanol–water partition coefficient (Wildman–Crippen LogP) is 2.36. The summed E-state index contributed by atoms with van der Waals surface area (Å²) in [7, 11) is 1.76. The van der Waals surface area contributed by atoms with E-state index >= 15 is 0 Å². The minimum atomic E-state index is 0.353. The Morgan fingerprint density at radius 1 is 1.43 bits per heavy atom. The third kappa shape index (κ3) is 4.16. The molecule has 3 heteroatoms. The highest BCUT2D eigenvalue weighted by Gasteiger charge is 2.23. The highest BCUT2D eigenvalue weighted by molar-refractivity contribution is 6.21. The van der Waals surface area contributed by atoms with Crippen molar-refractivity contribution >= 4 is 11.6 Å². The van der Waals surface area contributed by atoms with Crippen LogP contribution in [-0.2, 0) is 4.74 Å². The Morgan fingerprint density at radius 2 is 2.21 bits per heavy atom. The number of methoxy groups -OCH3 is 1. The van der Waals surface area contributed by atoms with Crippen LogP contribution in [0.4, 0.5) is 0 Å². The van der Waals surface area contributed by atoms with Gasteiger partial charge in [-0.15, -0.1) is 11.6 Å². The molecule has 0 aromatic rings. The SMILES string of the molecule is COCCCCN1CCC(C)C(Cl)C1. The van der Waals surface area contributed by atoms with Crippen molar-refractivity contribution in [1.29, 1.82) is 0 Å². The first-order valence-electron chi connectivity index (χ1n) is 5.59. The number of piperidine rings is 1. The van der Waals surface area contributed by atoms with Gasteiger partial charge in [-0.05, 0) is 38.3 Å². The van der Waals surface area contributed by atoms with Crippen molar-refractivity contribution in [2.75, 3.05) is 33.4 Å². The van der Waals surface area contributed by atoms with Crippen molar-refractivity contribution in [1.82, 2.24) is 4.90 Å². The van der Waals surface area contributed by atoms with E-state index < -0.39 is 0 Å². The molecule has 0 amide bonds. The zero-order valence-electron chi connectivity index (χ0n) is 9.34. The fourth-order valence-electron chi connectivity index (χ4n) is 1.87. The first-order chi connectivity index (χ1) is 6.74. The normalized spacial score (nSPS) is 29.4. The van der Waals surface area contributed by atoms with Crippen LogP contribution in [0.25, 0.3) is 0 Å². The molecular formula is C11H22ClNO. The van der Waals surface area contributed by atoms with Crippen molar-refractivity contribution in [2.45, 2.75) is 31.6 Å². The van der Waals surface area contributed by atoms with E-state index in [9.17, 15) is 0 Å². The van der Waals surface area contributed by atoms with E-state index in [1.807, 2.05) is 0 Å². The summed E-state index contributed by atoms with van der Waals surface area (Å²) < 4.78 is 5.02. The van der Waals surface area contributed by atoms with Crippen molar-refractivity contribution in [3.8, 4) is 0 Å². The van der Waals surface area contributed by atoms with Gasteiger partial charge in [-0.1, -0.05) is 6.92 Å². The average Bonchev–Trinajstić information content (AvgIpc) is 2.18. The lowest BCUT2D eigenvalue weighted by atomic mass is 9.98. The Balaban J connectivity index is 2.07. The lowest BCUT2D eigenvalue weighted by Crippen LogP contribution is -2.40. The van der Waals surface area contributed by atoms with Crippen molar-refractivity contribution in [3.63, 3.8) is 0 Å². The van der Waals surface area contributed by atoms with E-state index in [1.165, 1.54) is 25.9 Å². The van der Waals surface area contributed by atoms with Crippen LogP contribution in [0.5, 0.6) is 0 Å². The van der Waals surface area contributed by atoms with Crippen LogP contribution in [-0.4, -0.2) is 43.6 Å². The lowest BCUT2D eigenvalue weighted by molar-refractivity contribution is 0.168. The largest absolute Gasteiger partial charge is 0.385 e. The van der Waals surface area contributed by atoms with Gasteiger partial charge in [0.25, 0.3) is 0 Å². The zero-order chi connectivity index (χ0) is 10.4. The van der Waals surface area contributed by atoms with Crippen molar-refractivity contribution in [2.24, 2.45) is 5.92 Å². The maximum atomic E-state index is 6.24. The van der Waals surface area contributed by atoms with E-state index in [-0.39, 0.29) is 0 Å². The molecule has 84 valence electrons. The molecule has 1 saturated heterocycles. The zero-order valence-corrected chi connectivity index (χ0v) is 10.1. The maximum Gasteiger partial charge on any atom is 0.0489 e. The molecule has 14 heavy (non-hydrogen) atoms. The number of ether oxygens (including phenoxy) is 1. The predicted molar refractivity (Wildman–Crippen MR) is 61.0 cm³/mol. The molecule has 0 aromatic carbocycles. The number of alkyl halides is 1. The van der Waals surface area contributed by atoms with E-state index in [0.29, 0.717) is 11.3 Å². The van der Waals surface area contributed by atoms with Crippen LogP contribution in [0.2, 0.25) is 0 Å². The summed E-state index contributed by atoms with van der Waals surface area (Å²) in [6.07, 6.45) is 3.64. The molecule has 1 heterocycles. The van der Waals surface area contributed by atoms with Gasteiger partial charge in [-0.3, -0.25) is 0 Å². The highest BCUT2D eigenvalue weighted by atomic mass is 35.5. The number of nitrogens with zero attached hydrogens (tertiary/aromatic N) is 1. The summed E-state index contributed by atoms with van der Waals surface area (Å²) in [4.78, 5) is 2.48. The molecule has 2 unspecified atom stereocenters. The molecule has 1 aliphatic heterocycles. The summed E-state index contributed by atoms with van der Waals surface area (Å²) in [6.45, 7) is 6.60. The molecule has 2 nitrogen and oxygen atoms in total. The molecule has 2 atom stereocenters. The van der Waals surface area contributed by atoms with E-state index in [1.54, 1.807) is 7.11 Å². The number of halogens is 1. The smallest absolute Gasteiger partial charge is 0.0489 e. The van der Waals surface area contributed by atoms with Gasteiger partial charge < -0.3 is 9.64 Å². The summed E-state index contributed by atoms with van der Waals surface area (Å²) in [5.74, 6) is 0.687. The molecule has 0 aromatic heterocycles. The Labute approximate surface area is 92.6 Å². The molecular weight excluding hydrogens is 198 g/mol. The maximum absolute atomic E-state index is 6.24. The summed E-state index contributed by atoms with van der Waals surface area (Å²) in [5, 5.41) is 0.353. The molecule has 0 spiro atoms. The molecule has 0 saturated carbocycles. The molecule has 0 bridgehead atoms. The van der Waals surface area contributed by atoms with Gasteiger partial charge in [0.05, 0.1) is 0 Å².